The lowest BCUT2D eigenvalue weighted by Gasteiger charge is -2.19. The van der Waals surface area contributed by atoms with Crippen LogP contribution in [0.1, 0.15) is 24.9 Å². The SMILES string of the molecule is CCCNC(COc1cccc(Cl)c1)c1ccc(F)cc1. The van der Waals surface area contributed by atoms with Crippen LogP contribution in [0.25, 0.3) is 0 Å². The maximum atomic E-state index is 13.0. The summed E-state index contributed by atoms with van der Waals surface area (Å²) in [5, 5.41) is 4.06. The Hall–Kier alpha value is -1.58. The second-order valence-electron chi connectivity index (χ2n) is 4.83. The monoisotopic (exact) mass is 307 g/mol. The van der Waals surface area contributed by atoms with Crippen LogP contribution in [-0.4, -0.2) is 13.2 Å². The van der Waals surface area contributed by atoms with Gasteiger partial charge in [-0.3, -0.25) is 0 Å². The molecule has 0 saturated heterocycles. The van der Waals surface area contributed by atoms with Crippen LogP contribution in [0, 0.1) is 5.82 Å². The highest BCUT2D eigenvalue weighted by molar-refractivity contribution is 6.30. The molecule has 0 aliphatic rings. The molecule has 0 aromatic heterocycles. The first-order valence-electron chi connectivity index (χ1n) is 7.06. The average molecular weight is 308 g/mol. The third-order valence-corrected chi connectivity index (χ3v) is 3.36. The van der Waals surface area contributed by atoms with E-state index in [1.54, 1.807) is 24.3 Å². The second kappa shape index (κ2) is 8.01. The van der Waals surface area contributed by atoms with Gasteiger partial charge in [0.2, 0.25) is 0 Å². The number of ether oxygens (including phenoxy) is 1. The molecule has 0 aliphatic heterocycles. The van der Waals surface area contributed by atoms with Crippen molar-refractivity contribution < 1.29 is 9.13 Å². The first-order chi connectivity index (χ1) is 10.2. The van der Waals surface area contributed by atoms with E-state index >= 15 is 0 Å². The van der Waals surface area contributed by atoms with Gasteiger partial charge in [0.1, 0.15) is 18.2 Å². The maximum Gasteiger partial charge on any atom is 0.123 e. The first kappa shape index (κ1) is 15.8. The largest absolute Gasteiger partial charge is 0.492 e. The molecule has 112 valence electrons. The minimum atomic E-state index is -0.233. The predicted molar refractivity (Wildman–Crippen MR) is 84.4 cm³/mol. The van der Waals surface area contributed by atoms with Crippen LogP contribution in [0.5, 0.6) is 5.75 Å². The van der Waals surface area contributed by atoms with E-state index in [0.717, 1.165) is 24.3 Å². The molecule has 4 heteroatoms. The molecule has 0 spiro atoms. The number of halogens is 2. The molecule has 2 aromatic carbocycles. The fraction of sp³-hybridized carbons (Fsp3) is 0.294. The van der Waals surface area contributed by atoms with Crippen molar-refractivity contribution in [2.75, 3.05) is 13.2 Å². The molecule has 2 aromatic rings. The Bertz CT molecular complexity index is 559. The molecule has 0 bridgehead atoms. The quantitative estimate of drug-likeness (QED) is 0.807. The highest BCUT2D eigenvalue weighted by Gasteiger charge is 2.12. The third-order valence-electron chi connectivity index (χ3n) is 3.13. The summed E-state index contributed by atoms with van der Waals surface area (Å²) in [6.45, 7) is 3.44. The molecule has 0 amide bonds. The van der Waals surface area contributed by atoms with Crippen molar-refractivity contribution in [1.29, 1.82) is 0 Å². The molecule has 1 unspecified atom stereocenters. The van der Waals surface area contributed by atoms with Crippen molar-refractivity contribution in [3.8, 4) is 5.75 Å². The van der Waals surface area contributed by atoms with Crippen molar-refractivity contribution in [3.63, 3.8) is 0 Å². The summed E-state index contributed by atoms with van der Waals surface area (Å²) in [5.41, 5.74) is 1.01. The molecule has 2 nitrogen and oxygen atoms in total. The fourth-order valence-electron chi connectivity index (χ4n) is 2.02. The molecule has 1 atom stereocenters. The van der Waals surface area contributed by atoms with E-state index in [-0.39, 0.29) is 11.9 Å². The Morgan fingerprint density at radius 1 is 1.19 bits per heavy atom. The summed E-state index contributed by atoms with van der Waals surface area (Å²) in [4.78, 5) is 0. The van der Waals surface area contributed by atoms with Gasteiger partial charge < -0.3 is 10.1 Å². The van der Waals surface area contributed by atoms with Crippen molar-refractivity contribution in [1.82, 2.24) is 5.32 Å². The van der Waals surface area contributed by atoms with Crippen LogP contribution in [-0.2, 0) is 0 Å². The first-order valence-corrected chi connectivity index (χ1v) is 7.44. The highest BCUT2D eigenvalue weighted by atomic mass is 35.5. The van der Waals surface area contributed by atoms with Crippen LogP contribution < -0.4 is 10.1 Å². The molecule has 0 fully saturated rings. The number of benzene rings is 2. The Kier molecular flexibility index (Phi) is 6.03. The molecule has 0 radical (unpaired) electrons. The van der Waals surface area contributed by atoms with Crippen LogP contribution in [0.15, 0.2) is 48.5 Å². The minimum absolute atomic E-state index is 0.0181. The van der Waals surface area contributed by atoms with Gasteiger partial charge in [0.05, 0.1) is 6.04 Å². The standard InChI is InChI=1S/C17H19ClFNO/c1-2-10-20-17(13-6-8-15(19)9-7-13)12-21-16-5-3-4-14(18)11-16/h3-9,11,17,20H,2,10,12H2,1H3. The summed E-state index contributed by atoms with van der Waals surface area (Å²) in [6, 6.07) is 13.8. The van der Waals surface area contributed by atoms with Gasteiger partial charge in [-0.15, -0.1) is 0 Å². The molecule has 0 saturated carbocycles. The Morgan fingerprint density at radius 2 is 1.95 bits per heavy atom. The van der Waals surface area contributed by atoms with Crippen LogP contribution in [0.2, 0.25) is 5.02 Å². The molecule has 0 aliphatic carbocycles. The Morgan fingerprint density at radius 3 is 2.62 bits per heavy atom. The van der Waals surface area contributed by atoms with Gasteiger partial charge in [-0.2, -0.15) is 0 Å². The number of rotatable bonds is 7. The van der Waals surface area contributed by atoms with Gasteiger partial charge in [0.15, 0.2) is 0 Å². The van der Waals surface area contributed by atoms with E-state index in [2.05, 4.69) is 12.2 Å². The zero-order valence-corrected chi connectivity index (χ0v) is 12.7. The summed E-state index contributed by atoms with van der Waals surface area (Å²) in [7, 11) is 0. The number of hydrogen-bond acceptors (Lipinski definition) is 2. The third kappa shape index (κ3) is 5.03. The van der Waals surface area contributed by atoms with E-state index in [4.69, 9.17) is 16.3 Å². The van der Waals surface area contributed by atoms with Crippen molar-refractivity contribution in [2.45, 2.75) is 19.4 Å². The van der Waals surface area contributed by atoms with Crippen LogP contribution >= 0.6 is 11.6 Å². The molecule has 2 rings (SSSR count). The lowest BCUT2D eigenvalue weighted by Crippen LogP contribution is -2.27. The van der Waals surface area contributed by atoms with Gasteiger partial charge in [0, 0.05) is 5.02 Å². The van der Waals surface area contributed by atoms with E-state index < -0.39 is 0 Å². The Balaban J connectivity index is 2.04. The predicted octanol–water partition coefficient (Wildman–Crippen LogP) is 4.60. The van der Waals surface area contributed by atoms with Crippen molar-refractivity contribution in [2.24, 2.45) is 0 Å². The Labute approximate surface area is 129 Å². The van der Waals surface area contributed by atoms with E-state index in [1.807, 2.05) is 12.1 Å². The van der Waals surface area contributed by atoms with Gasteiger partial charge in [-0.1, -0.05) is 36.7 Å². The van der Waals surface area contributed by atoms with Gasteiger partial charge in [-0.05, 0) is 48.9 Å². The molecular formula is C17H19ClFNO. The molecule has 0 heterocycles. The summed E-state index contributed by atoms with van der Waals surface area (Å²) in [5.74, 6) is 0.497. The second-order valence-corrected chi connectivity index (χ2v) is 5.26. The lowest BCUT2D eigenvalue weighted by atomic mass is 10.1. The topological polar surface area (TPSA) is 21.3 Å². The number of hydrogen-bond donors (Lipinski definition) is 1. The maximum absolute atomic E-state index is 13.0. The van der Waals surface area contributed by atoms with Crippen molar-refractivity contribution >= 4 is 11.6 Å². The zero-order valence-electron chi connectivity index (χ0n) is 12.0. The van der Waals surface area contributed by atoms with Crippen LogP contribution in [0.4, 0.5) is 4.39 Å². The molecular weight excluding hydrogens is 289 g/mol. The summed E-state index contributed by atoms with van der Waals surface area (Å²) in [6.07, 6.45) is 1.02. The van der Waals surface area contributed by atoms with E-state index in [0.29, 0.717) is 11.6 Å². The van der Waals surface area contributed by atoms with Crippen LogP contribution in [0.3, 0.4) is 0 Å². The summed E-state index contributed by atoms with van der Waals surface area (Å²) >= 11 is 5.94. The smallest absolute Gasteiger partial charge is 0.123 e. The van der Waals surface area contributed by atoms with Gasteiger partial charge >= 0.3 is 0 Å². The van der Waals surface area contributed by atoms with Crippen molar-refractivity contribution in [3.05, 3.63) is 64.9 Å². The van der Waals surface area contributed by atoms with E-state index in [1.165, 1.54) is 12.1 Å². The lowest BCUT2D eigenvalue weighted by molar-refractivity contribution is 0.266. The number of nitrogens with one attached hydrogen (secondary N) is 1. The zero-order chi connectivity index (χ0) is 15.1. The normalized spacial score (nSPS) is 12.1. The van der Waals surface area contributed by atoms with Gasteiger partial charge in [-0.25, -0.2) is 4.39 Å². The van der Waals surface area contributed by atoms with E-state index in [9.17, 15) is 4.39 Å². The fourth-order valence-corrected chi connectivity index (χ4v) is 2.20. The minimum Gasteiger partial charge on any atom is -0.492 e. The van der Waals surface area contributed by atoms with Gasteiger partial charge in [0.25, 0.3) is 0 Å². The highest BCUT2D eigenvalue weighted by Crippen LogP contribution is 2.20. The average Bonchev–Trinajstić information content (AvgIpc) is 2.49. The molecule has 21 heavy (non-hydrogen) atoms. The summed E-state index contributed by atoms with van der Waals surface area (Å²) < 4.78 is 18.8. The molecule has 1 N–H and O–H groups in total.